The topological polar surface area (TPSA) is 74.6 Å². The fraction of sp³-hybridized carbons (Fsp3) is 0. The molecule has 1 rings (SSSR count). The molecule has 0 aliphatic rings. The van der Waals surface area contributed by atoms with Crippen LogP contribution >= 0.6 is 0 Å². The molecular formula is C14H12O4. The SMILES string of the molecule is C=Cc1cccc(/C(=C/C(=O)O)C(=O)O)c1C=C. The highest BCUT2D eigenvalue weighted by Crippen LogP contribution is 2.24. The Morgan fingerprint density at radius 3 is 2.22 bits per heavy atom. The van der Waals surface area contributed by atoms with Gasteiger partial charge in [-0.2, -0.15) is 0 Å². The molecule has 0 saturated carbocycles. The van der Waals surface area contributed by atoms with Gasteiger partial charge in [-0.1, -0.05) is 43.5 Å². The van der Waals surface area contributed by atoms with Crippen LogP contribution in [0.2, 0.25) is 0 Å². The van der Waals surface area contributed by atoms with Crippen molar-refractivity contribution in [3.8, 4) is 0 Å². The van der Waals surface area contributed by atoms with Gasteiger partial charge in [0.2, 0.25) is 0 Å². The second-order valence-corrected chi connectivity index (χ2v) is 3.42. The molecule has 0 amide bonds. The van der Waals surface area contributed by atoms with Crippen LogP contribution in [0.15, 0.2) is 37.4 Å². The van der Waals surface area contributed by atoms with Crippen molar-refractivity contribution in [2.75, 3.05) is 0 Å². The highest BCUT2D eigenvalue weighted by Gasteiger charge is 2.16. The monoisotopic (exact) mass is 244 g/mol. The number of rotatable bonds is 5. The van der Waals surface area contributed by atoms with Crippen molar-refractivity contribution in [2.24, 2.45) is 0 Å². The van der Waals surface area contributed by atoms with Gasteiger partial charge in [0.05, 0.1) is 5.57 Å². The lowest BCUT2D eigenvalue weighted by Gasteiger charge is -2.09. The van der Waals surface area contributed by atoms with Crippen LogP contribution < -0.4 is 0 Å². The maximum absolute atomic E-state index is 11.1. The van der Waals surface area contributed by atoms with E-state index in [1.807, 2.05) is 0 Å². The molecule has 0 atom stereocenters. The van der Waals surface area contributed by atoms with Crippen LogP contribution in [0.1, 0.15) is 16.7 Å². The minimum atomic E-state index is -1.31. The largest absolute Gasteiger partial charge is 0.478 e. The lowest BCUT2D eigenvalue weighted by molar-refractivity contribution is -0.133. The van der Waals surface area contributed by atoms with Crippen molar-refractivity contribution >= 4 is 29.7 Å². The van der Waals surface area contributed by atoms with Crippen molar-refractivity contribution in [3.63, 3.8) is 0 Å². The van der Waals surface area contributed by atoms with Gasteiger partial charge in [0.25, 0.3) is 0 Å². The van der Waals surface area contributed by atoms with E-state index in [1.165, 1.54) is 12.1 Å². The summed E-state index contributed by atoms with van der Waals surface area (Å²) < 4.78 is 0. The first-order valence-corrected chi connectivity index (χ1v) is 5.07. The zero-order valence-corrected chi connectivity index (χ0v) is 9.59. The average molecular weight is 244 g/mol. The van der Waals surface area contributed by atoms with Crippen LogP contribution in [0.3, 0.4) is 0 Å². The molecule has 92 valence electrons. The van der Waals surface area contributed by atoms with Gasteiger partial charge in [-0.3, -0.25) is 0 Å². The van der Waals surface area contributed by atoms with Gasteiger partial charge in [-0.15, -0.1) is 0 Å². The fourth-order valence-electron chi connectivity index (χ4n) is 1.60. The highest BCUT2D eigenvalue weighted by atomic mass is 16.4. The van der Waals surface area contributed by atoms with Gasteiger partial charge in [-0.05, 0) is 16.7 Å². The minimum absolute atomic E-state index is 0.291. The van der Waals surface area contributed by atoms with E-state index in [2.05, 4.69) is 13.2 Å². The summed E-state index contributed by atoms with van der Waals surface area (Å²) in [7, 11) is 0. The molecule has 0 aromatic heterocycles. The van der Waals surface area contributed by atoms with Crippen LogP contribution in [0.25, 0.3) is 17.7 Å². The predicted octanol–water partition coefficient (Wildman–Crippen LogP) is 2.53. The Balaban J connectivity index is 3.56. The molecule has 0 radical (unpaired) electrons. The molecule has 18 heavy (non-hydrogen) atoms. The maximum atomic E-state index is 11.1. The molecule has 0 fully saturated rings. The summed E-state index contributed by atoms with van der Waals surface area (Å²) in [6, 6.07) is 4.92. The van der Waals surface area contributed by atoms with Crippen molar-refractivity contribution in [1.82, 2.24) is 0 Å². The summed E-state index contributed by atoms with van der Waals surface area (Å²) in [5.41, 5.74) is 1.25. The van der Waals surface area contributed by atoms with Crippen LogP contribution in [-0.2, 0) is 9.59 Å². The first-order valence-electron chi connectivity index (χ1n) is 5.07. The smallest absolute Gasteiger partial charge is 0.336 e. The van der Waals surface area contributed by atoms with E-state index < -0.39 is 11.9 Å². The average Bonchev–Trinajstić information content (AvgIpc) is 2.34. The second-order valence-electron chi connectivity index (χ2n) is 3.42. The van der Waals surface area contributed by atoms with Gasteiger partial charge in [-0.25, -0.2) is 9.59 Å². The van der Waals surface area contributed by atoms with E-state index in [4.69, 9.17) is 10.2 Å². The van der Waals surface area contributed by atoms with Crippen LogP contribution in [0.5, 0.6) is 0 Å². The molecule has 0 aliphatic carbocycles. The third kappa shape index (κ3) is 2.74. The number of carbonyl (C=O) groups is 2. The van der Waals surface area contributed by atoms with E-state index in [0.29, 0.717) is 22.8 Å². The maximum Gasteiger partial charge on any atom is 0.336 e. The zero-order valence-electron chi connectivity index (χ0n) is 9.59. The molecule has 1 aromatic rings. The first-order chi connectivity index (χ1) is 8.51. The first kappa shape index (κ1) is 13.4. The van der Waals surface area contributed by atoms with Gasteiger partial charge in [0.15, 0.2) is 0 Å². The molecule has 2 N–H and O–H groups in total. The standard InChI is InChI=1S/C14H12O4/c1-3-9-6-5-7-11(10(9)4-2)12(14(17)18)8-13(15)16/h3-8H,1-2H2,(H,15,16)(H,17,18)/b12-8-. The summed E-state index contributed by atoms with van der Waals surface area (Å²) in [5, 5.41) is 17.8. The van der Waals surface area contributed by atoms with Crippen molar-refractivity contribution in [3.05, 3.63) is 54.1 Å². The van der Waals surface area contributed by atoms with Crippen molar-refractivity contribution < 1.29 is 19.8 Å². The predicted molar refractivity (Wildman–Crippen MR) is 69.9 cm³/mol. The Morgan fingerprint density at radius 1 is 1.11 bits per heavy atom. The highest BCUT2D eigenvalue weighted by molar-refractivity contribution is 6.20. The molecule has 0 unspecified atom stereocenters. The Morgan fingerprint density at radius 2 is 1.78 bits per heavy atom. The third-order valence-electron chi connectivity index (χ3n) is 2.35. The van der Waals surface area contributed by atoms with Crippen molar-refractivity contribution in [2.45, 2.75) is 0 Å². The molecule has 0 aliphatic heterocycles. The van der Waals surface area contributed by atoms with Gasteiger partial charge in [0, 0.05) is 6.08 Å². The zero-order chi connectivity index (χ0) is 13.7. The number of aliphatic carboxylic acids is 2. The number of carboxylic acids is 2. The molecule has 0 saturated heterocycles. The molecule has 4 nitrogen and oxygen atoms in total. The summed E-state index contributed by atoms with van der Waals surface area (Å²) in [6.45, 7) is 7.22. The fourth-order valence-corrected chi connectivity index (χ4v) is 1.60. The molecule has 0 heterocycles. The minimum Gasteiger partial charge on any atom is -0.478 e. The summed E-state index contributed by atoms with van der Waals surface area (Å²) >= 11 is 0. The Bertz CT molecular complexity index is 553. The quantitative estimate of drug-likeness (QED) is 0.780. The van der Waals surface area contributed by atoms with Gasteiger partial charge >= 0.3 is 11.9 Å². The van der Waals surface area contributed by atoms with E-state index in [0.717, 1.165) is 0 Å². The molecular weight excluding hydrogens is 232 g/mol. The Hall–Kier alpha value is -2.62. The number of hydrogen-bond donors (Lipinski definition) is 2. The molecule has 1 aromatic carbocycles. The van der Waals surface area contributed by atoms with Crippen molar-refractivity contribution in [1.29, 1.82) is 0 Å². The Kier molecular flexibility index (Phi) is 4.21. The number of carboxylic acid groups (broad SMARTS) is 2. The normalized spacial score (nSPS) is 10.8. The summed E-state index contributed by atoms with van der Waals surface area (Å²) in [5.74, 6) is -2.62. The van der Waals surface area contributed by atoms with Gasteiger partial charge < -0.3 is 10.2 Å². The van der Waals surface area contributed by atoms with E-state index in [9.17, 15) is 9.59 Å². The van der Waals surface area contributed by atoms with Crippen LogP contribution in [0, 0.1) is 0 Å². The van der Waals surface area contributed by atoms with Crippen LogP contribution in [-0.4, -0.2) is 22.2 Å². The summed E-state index contributed by atoms with van der Waals surface area (Å²) in [6.07, 6.45) is 3.70. The van der Waals surface area contributed by atoms with E-state index in [1.54, 1.807) is 18.2 Å². The van der Waals surface area contributed by atoms with E-state index in [-0.39, 0.29) is 5.57 Å². The van der Waals surface area contributed by atoms with Crippen LogP contribution in [0.4, 0.5) is 0 Å². The molecule has 4 heteroatoms. The summed E-state index contributed by atoms with van der Waals surface area (Å²) in [4.78, 5) is 21.8. The van der Waals surface area contributed by atoms with Gasteiger partial charge in [0.1, 0.15) is 0 Å². The Labute approximate surface area is 104 Å². The third-order valence-corrected chi connectivity index (χ3v) is 2.35. The lowest BCUT2D eigenvalue weighted by Crippen LogP contribution is -2.05. The molecule has 0 spiro atoms. The number of hydrogen-bond acceptors (Lipinski definition) is 2. The second kappa shape index (κ2) is 5.63. The van der Waals surface area contributed by atoms with E-state index >= 15 is 0 Å². The number of benzene rings is 1. The molecule has 0 bridgehead atoms. The lowest BCUT2D eigenvalue weighted by atomic mass is 9.95.